The van der Waals surface area contributed by atoms with Crippen LogP contribution in [0.25, 0.3) is 10.9 Å². The second-order valence-corrected chi connectivity index (χ2v) is 4.96. The predicted octanol–water partition coefficient (Wildman–Crippen LogP) is 2.87. The van der Waals surface area contributed by atoms with E-state index in [0.717, 1.165) is 13.0 Å². The van der Waals surface area contributed by atoms with Crippen molar-refractivity contribution in [1.29, 1.82) is 0 Å². The second-order valence-electron chi connectivity index (χ2n) is 4.96. The van der Waals surface area contributed by atoms with Crippen LogP contribution in [0.2, 0.25) is 0 Å². The highest BCUT2D eigenvalue weighted by atomic mass is 15.0. The van der Waals surface area contributed by atoms with Gasteiger partial charge in [0.15, 0.2) is 0 Å². The number of nitrogens with zero attached hydrogens (tertiary/aromatic N) is 1. The van der Waals surface area contributed by atoms with Gasteiger partial charge in [-0.25, -0.2) is 0 Å². The molecule has 2 rings (SSSR count). The minimum Gasteiger partial charge on any atom is -0.347 e. The summed E-state index contributed by atoms with van der Waals surface area (Å²) >= 11 is 0. The molecule has 0 fully saturated rings. The molecule has 2 heteroatoms. The van der Waals surface area contributed by atoms with Crippen LogP contribution in [0.5, 0.6) is 0 Å². The summed E-state index contributed by atoms with van der Waals surface area (Å²) in [6.45, 7) is 7.65. The summed E-state index contributed by atoms with van der Waals surface area (Å²) in [5.41, 5.74) is 7.00. The molecule has 0 aliphatic heterocycles. The van der Waals surface area contributed by atoms with Crippen molar-refractivity contribution in [3.8, 4) is 0 Å². The van der Waals surface area contributed by atoms with Gasteiger partial charge in [-0.05, 0) is 45.0 Å². The molecule has 0 saturated heterocycles. The van der Waals surface area contributed by atoms with Gasteiger partial charge in [-0.15, -0.1) is 0 Å². The fraction of sp³-hybridized carbons (Fsp3) is 0.467. The Labute approximate surface area is 104 Å². The van der Waals surface area contributed by atoms with Crippen LogP contribution < -0.4 is 5.32 Å². The van der Waals surface area contributed by atoms with Crippen molar-refractivity contribution in [2.75, 3.05) is 13.6 Å². The molecule has 1 aromatic carbocycles. The van der Waals surface area contributed by atoms with Crippen LogP contribution in [0.3, 0.4) is 0 Å². The Hall–Kier alpha value is -1.28. The van der Waals surface area contributed by atoms with Crippen LogP contribution in [0, 0.1) is 20.8 Å². The number of hydrogen-bond acceptors (Lipinski definition) is 1. The van der Waals surface area contributed by atoms with Gasteiger partial charge in [-0.3, -0.25) is 0 Å². The number of fused-ring (bicyclic) bond motifs is 1. The Kier molecular flexibility index (Phi) is 3.25. The van der Waals surface area contributed by atoms with E-state index in [2.05, 4.69) is 49.8 Å². The number of rotatable bonds is 3. The monoisotopic (exact) mass is 230 g/mol. The smallest absolute Gasteiger partial charge is 0.0512 e. The van der Waals surface area contributed by atoms with Crippen LogP contribution in [-0.4, -0.2) is 18.2 Å². The lowest BCUT2D eigenvalue weighted by Crippen LogP contribution is -2.13. The number of benzene rings is 1. The minimum absolute atomic E-state index is 1.03. The average molecular weight is 230 g/mol. The molecule has 92 valence electrons. The summed E-state index contributed by atoms with van der Waals surface area (Å²) in [6.07, 6.45) is 1.09. The average Bonchev–Trinajstić information content (AvgIpc) is 2.49. The molecule has 2 nitrogen and oxygen atoms in total. The summed E-state index contributed by atoms with van der Waals surface area (Å²) in [4.78, 5) is 0. The highest BCUT2D eigenvalue weighted by Crippen LogP contribution is 2.28. The molecule has 1 heterocycles. The summed E-state index contributed by atoms with van der Waals surface area (Å²) in [5, 5.41) is 4.64. The van der Waals surface area contributed by atoms with Crippen molar-refractivity contribution in [3.63, 3.8) is 0 Å². The zero-order chi connectivity index (χ0) is 12.6. The van der Waals surface area contributed by atoms with E-state index in [1.165, 1.54) is 33.3 Å². The maximum atomic E-state index is 3.23. The van der Waals surface area contributed by atoms with Crippen molar-refractivity contribution in [3.05, 3.63) is 34.5 Å². The number of hydrogen-bond donors (Lipinski definition) is 1. The van der Waals surface area contributed by atoms with Gasteiger partial charge < -0.3 is 9.88 Å². The first-order valence-electron chi connectivity index (χ1n) is 6.26. The van der Waals surface area contributed by atoms with E-state index in [1.54, 1.807) is 0 Å². The molecular weight excluding hydrogens is 208 g/mol. The van der Waals surface area contributed by atoms with Crippen molar-refractivity contribution < 1.29 is 0 Å². The lowest BCUT2D eigenvalue weighted by Gasteiger charge is -2.06. The number of likely N-dealkylation sites (N-methyl/N-ethyl adjacent to an activating group) is 1. The standard InChI is InChI=1S/C15H22N2/c1-10-8-11(2)15-13(9-10)12(3)14(17(15)5)6-7-16-4/h8-9,16H,6-7H2,1-5H3. The molecule has 2 aromatic rings. The maximum Gasteiger partial charge on any atom is 0.0512 e. The molecular formula is C15H22N2. The van der Waals surface area contributed by atoms with Crippen molar-refractivity contribution >= 4 is 10.9 Å². The molecule has 17 heavy (non-hydrogen) atoms. The first-order valence-corrected chi connectivity index (χ1v) is 6.26. The molecule has 0 bridgehead atoms. The summed E-state index contributed by atoms with van der Waals surface area (Å²) < 4.78 is 2.36. The minimum atomic E-state index is 1.03. The Morgan fingerprint density at radius 3 is 2.53 bits per heavy atom. The molecule has 0 aliphatic carbocycles. The Bertz CT molecular complexity index is 550. The lowest BCUT2D eigenvalue weighted by atomic mass is 10.1. The predicted molar refractivity (Wildman–Crippen MR) is 74.8 cm³/mol. The van der Waals surface area contributed by atoms with Crippen LogP contribution in [0.1, 0.15) is 22.4 Å². The fourth-order valence-electron chi connectivity index (χ4n) is 2.83. The Morgan fingerprint density at radius 1 is 1.18 bits per heavy atom. The lowest BCUT2D eigenvalue weighted by molar-refractivity contribution is 0.741. The van der Waals surface area contributed by atoms with E-state index < -0.39 is 0 Å². The van der Waals surface area contributed by atoms with Gasteiger partial charge in [-0.1, -0.05) is 11.6 Å². The zero-order valence-electron chi connectivity index (χ0n) is 11.5. The molecule has 0 spiro atoms. The maximum absolute atomic E-state index is 3.23. The van der Waals surface area contributed by atoms with E-state index in [4.69, 9.17) is 0 Å². The molecule has 0 radical (unpaired) electrons. The Morgan fingerprint density at radius 2 is 1.88 bits per heavy atom. The van der Waals surface area contributed by atoms with Gasteiger partial charge in [-0.2, -0.15) is 0 Å². The third-order valence-electron chi connectivity index (χ3n) is 3.63. The number of aryl methyl sites for hydroxylation is 4. The first-order chi connectivity index (χ1) is 8.06. The molecule has 0 aliphatic rings. The SMILES string of the molecule is CNCCc1c(C)c2cc(C)cc(C)c2n1C. The Balaban J connectivity index is 2.67. The molecule has 0 amide bonds. The van der Waals surface area contributed by atoms with Crippen molar-refractivity contribution in [2.24, 2.45) is 7.05 Å². The third kappa shape index (κ3) is 1.98. The van der Waals surface area contributed by atoms with E-state index in [-0.39, 0.29) is 0 Å². The van der Waals surface area contributed by atoms with E-state index in [9.17, 15) is 0 Å². The number of aromatic nitrogens is 1. The highest BCUT2D eigenvalue weighted by Gasteiger charge is 2.13. The first kappa shape index (κ1) is 12.2. The quantitative estimate of drug-likeness (QED) is 0.858. The van der Waals surface area contributed by atoms with Gasteiger partial charge in [0.05, 0.1) is 5.52 Å². The van der Waals surface area contributed by atoms with Gasteiger partial charge in [0.2, 0.25) is 0 Å². The molecule has 0 saturated carbocycles. The fourth-order valence-corrected chi connectivity index (χ4v) is 2.83. The summed E-state index contributed by atoms with van der Waals surface area (Å²) in [7, 11) is 4.19. The summed E-state index contributed by atoms with van der Waals surface area (Å²) in [5.74, 6) is 0. The normalized spacial score (nSPS) is 11.4. The molecule has 1 aromatic heterocycles. The largest absolute Gasteiger partial charge is 0.347 e. The van der Waals surface area contributed by atoms with E-state index in [1.807, 2.05) is 7.05 Å². The number of nitrogens with one attached hydrogen (secondary N) is 1. The van der Waals surface area contributed by atoms with Gasteiger partial charge >= 0.3 is 0 Å². The highest BCUT2D eigenvalue weighted by molar-refractivity contribution is 5.88. The molecule has 0 atom stereocenters. The zero-order valence-corrected chi connectivity index (χ0v) is 11.5. The van der Waals surface area contributed by atoms with Crippen LogP contribution in [0.4, 0.5) is 0 Å². The topological polar surface area (TPSA) is 17.0 Å². The molecule has 0 unspecified atom stereocenters. The van der Waals surface area contributed by atoms with E-state index in [0.29, 0.717) is 0 Å². The summed E-state index contributed by atoms with van der Waals surface area (Å²) in [6, 6.07) is 4.57. The van der Waals surface area contributed by atoms with Gasteiger partial charge in [0, 0.05) is 31.1 Å². The van der Waals surface area contributed by atoms with Gasteiger partial charge in [0.1, 0.15) is 0 Å². The van der Waals surface area contributed by atoms with E-state index >= 15 is 0 Å². The van der Waals surface area contributed by atoms with Crippen LogP contribution in [0.15, 0.2) is 12.1 Å². The third-order valence-corrected chi connectivity index (χ3v) is 3.63. The van der Waals surface area contributed by atoms with Crippen LogP contribution >= 0.6 is 0 Å². The molecule has 1 N–H and O–H groups in total. The van der Waals surface area contributed by atoms with Crippen molar-refractivity contribution in [2.45, 2.75) is 27.2 Å². The van der Waals surface area contributed by atoms with Gasteiger partial charge in [0.25, 0.3) is 0 Å². The van der Waals surface area contributed by atoms with Crippen LogP contribution in [-0.2, 0) is 13.5 Å². The van der Waals surface area contributed by atoms with Crippen molar-refractivity contribution in [1.82, 2.24) is 9.88 Å². The second kappa shape index (κ2) is 4.53.